The largest absolute Gasteiger partial charge is 0.286 e. The van der Waals surface area contributed by atoms with Gasteiger partial charge in [-0.25, -0.2) is 4.68 Å². The maximum absolute atomic E-state index is 12.7. The molecule has 0 amide bonds. The molecule has 0 spiro atoms. The van der Waals surface area contributed by atoms with E-state index in [0.717, 1.165) is 29.3 Å². The number of rotatable bonds is 4. The van der Waals surface area contributed by atoms with Gasteiger partial charge >= 0.3 is 0 Å². The lowest BCUT2D eigenvalue weighted by Gasteiger charge is -2.31. The fraction of sp³-hybridized carbons (Fsp3) is 0.778. The highest BCUT2D eigenvalue weighted by Crippen LogP contribution is 2.42. The van der Waals surface area contributed by atoms with Gasteiger partial charge < -0.3 is 0 Å². The molecule has 3 nitrogen and oxygen atoms in total. The Morgan fingerprint density at radius 1 is 1.26 bits per heavy atom. The van der Waals surface area contributed by atoms with E-state index >= 15 is 0 Å². The number of hydrogen-bond acceptors (Lipinski definition) is 3. The Balaban J connectivity index is 2.36. The van der Waals surface area contributed by atoms with Crippen molar-refractivity contribution < 1.29 is 0 Å². The average molecular weight is 357 g/mol. The first-order chi connectivity index (χ1) is 10.8. The average Bonchev–Trinajstić information content (AvgIpc) is 2.50. The van der Waals surface area contributed by atoms with Gasteiger partial charge in [0.15, 0.2) is 0 Å². The van der Waals surface area contributed by atoms with Crippen molar-refractivity contribution in [1.82, 2.24) is 9.78 Å². The van der Waals surface area contributed by atoms with Crippen molar-refractivity contribution >= 4 is 23.4 Å². The van der Waals surface area contributed by atoms with Gasteiger partial charge in [0.05, 0.1) is 5.54 Å². The molecule has 0 bridgehead atoms. The third-order valence-corrected chi connectivity index (χ3v) is 5.87. The Labute approximate surface area is 149 Å². The molecule has 0 aromatic carbocycles. The van der Waals surface area contributed by atoms with Crippen LogP contribution in [-0.2, 0) is 5.54 Å². The highest BCUT2D eigenvalue weighted by molar-refractivity contribution is 7.98. The lowest BCUT2D eigenvalue weighted by molar-refractivity contribution is 0.298. The minimum atomic E-state index is -0.359. The molecule has 1 saturated carbocycles. The van der Waals surface area contributed by atoms with Crippen molar-refractivity contribution in [2.24, 2.45) is 5.92 Å². The maximum Gasteiger partial charge on any atom is 0.286 e. The van der Waals surface area contributed by atoms with E-state index in [0.29, 0.717) is 10.9 Å². The Kier molecular flexibility index (Phi) is 6.23. The van der Waals surface area contributed by atoms with Gasteiger partial charge in [-0.05, 0) is 64.5 Å². The van der Waals surface area contributed by atoms with Gasteiger partial charge in [-0.15, -0.1) is 11.8 Å². The fourth-order valence-electron chi connectivity index (χ4n) is 3.60. The first-order valence-corrected chi connectivity index (χ1v) is 10.3. The van der Waals surface area contributed by atoms with Gasteiger partial charge in [0.2, 0.25) is 0 Å². The number of hydrogen-bond donors (Lipinski definition) is 0. The predicted octanol–water partition coefficient (Wildman–Crippen LogP) is 5.45. The van der Waals surface area contributed by atoms with Crippen LogP contribution in [0.25, 0.3) is 0 Å². The zero-order valence-electron chi connectivity index (χ0n) is 15.0. The molecule has 23 heavy (non-hydrogen) atoms. The van der Waals surface area contributed by atoms with Crippen LogP contribution in [-0.4, -0.2) is 16.0 Å². The molecule has 0 atom stereocenters. The molecular formula is C18H29ClN2OS. The minimum Gasteiger partial charge on any atom is -0.266 e. The van der Waals surface area contributed by atoms with Gasteiger partial charge in [-0.1, -0.05) is 31.4 Å². The zero-order chi connectivity index (χ0) is 17.2. The first-order valence-electron chi connectivity index (χ1n) is 8.66. The van der Waals surface area contributed by atoms with Gasteiger partial charge in [-0.2, -0.15) is 5.10 Å². The summed E-state index contributed by atoms with van der Waals surface area (Å²) in [4.78, 5) is 12.7. The Bertz CT molecular complexity index is 598. The van der Waals surface area contributed by atoms with Crippen molar-refractivity contribution in [2.75, 3.05) is 6.26 Å². The van der Waals surface area contributed by atoms with Crippen LogP contribution in [0, 0.1) is 5.92 Å². The van der Waals surface area contributed by atoms with Crippen molar-refractivity contribution in [3.05, 3.63) is 20.9 Å². The maximum atomic E-state index is 12.7. The molecule has 0 radical (unpaired) electrons. The molecule has 1 aromatic rings. The fourth-order valence-corrected chi connectivity index (χ4v) is 4.63. The smallest absolute Gasteiger partial charge is 0.266 e. The second-order valence-corrected chi connectivity index (χ2v) is 8.80. The van der Waals surface area contributed by atoms with Gasteiger partial charge in [0.25, 0.3) is 5.56 Å². The van der Waals surface area contributed by atoms with Crippen LogP contribution in [0.3, 0.4) is 0 Å². The van der Waals surface area contributed by atoms with Gasteiger partial charge in [0.1, 0.15) is 10.0 Å². The van der Waals surface area contributed by atoms with Crippen LogP contribution >= 0.6 is 23.4 Å². The second kappa shape index (κ2) is 7.60. The van der Waals surface area contributed by atoms with E-state index in [-0.39, 0.29) is 11.1 Å². The molecule has 0 unspecified atom stereocenters. The molecule has 1 heterocycles. The van der Waals surface area contributed by atoms with Crippen LogP contribution in [0.1, 0.15) is 77.7 Å². The molecule has 1 aliphatic carbocycles. The summed E-state index contributed by atoms with van der Waals surface area (Å²) in [7, 11) is 0. The van der Waals surface area contributed by atoms with E-state index in [2.05, 4.69) is 12.0 Å². The molecule has 1 aliphatic rings. The Morgan fingerprint density at radius 2 is 1.87 bits per heavy atom. The highest BCUT2D eigenvalue weighted by Gasteiger charge is 2.29. The van der Waals surface area contributed by atoms with Crippen molar-refractivity contribution in [3.63, 3.8) is 0 Å². The SMILES string of the molecule is CCCC1CCC(c2c(SC)nn(C(C)(C)C)c(=O)c2Cl)CC1. The summed E-state index contributed by atoms with van der Waals surface area (Å²) >= 11 is 8.13. The monoisotopic (exact) mass is 356 g/mol. The summed E-state index contributed by atoms with van der Waals surface area (Å²) < 4.78 is 1.54. The van der Waals surface area contributed by atoms with Crippen LogP contribution in [0.2, 0.25) is 5.02 Å². The third-order valence-electron chi connectivity index (χ3n) is 4.82. The van der Waals surface area contributed by atoms with Crippen LogP contribution in [0.15, 0.2) is 9.82 Å². The topological polar surface area (TPSA) is 34.9 Å². The number of thioether (sulfide) groups is 1. The molecule has 5 heteroatoms. The van der Waals surface area contributed by atoms with E-state index in [1.165, 1.54) is 30.4 Å². The molecule has 130 valence electrons. The first kappa shape index (κ1) is 18.9. The second-order valence-electron chi connectivity index (χ2n) is 7.63. The summed E-state index contributed by atoms with van der Waals surface area (Å²) in [5.74, 6) is 1.23. The zero-order valence-corrected chi connectivity index (χ0v) is 16.6. The molecule has 2 rings (SSSR count). The van der Waals surface area contributed by atoms with E-state index in [4.69, 9.17) is 11.6 Å². The van der Waals surface area contributed by atoms with E-state index in [1.807, 2.05) is 27.0 Å². The number of aromatic nitrogens is 2. The summed E-state index contributed by atoms with van der Waals surface area (Å²) in [5.41, 5.74) is 0.491. The molecule has 1 fully saturated rings. The van der Waals surface area contributed by atoms with E-state index in [9.17, 15) is 4.79 Å². The van der Waals surface area contributed by atoms with Crippen molar-refractivity contribution in [3.8, 4) is 0 Å². The number of halogens is 1. The van der Waals surface area contributed by atoms with Crippen LogP contribution in [0.4, 0.5) is 0 Å². The lowest BCUT2D eigenvalue weighted by Crippen LogP contribution is -2.37. The quantitative estimate of drug-likeness (QED) is 0.673. The third kappa shape index (κ3) is 4.14. The van der Waals surface area contributed by atoms with Gasteiger partial charge in [0, 0.05) is 5.56 Å². The Morgan fingerprint density at radius 3 is 2.35 bits per heavy atom. The summed E-state index contributed by atoms with van der Waals surface area (Å²) in [6, 6.07) is 0. The summed E-state index contributed by atoms with van der Waals surface area (Å²) in [5, 5.41) is 5.94. The van der Waals surface area contributed by atoms with Crippen LogP contribution < -0.4 is 5.56 Å². The molecule has 0 aliphatic heterocycles. The highest BCUT2D eigenvalue weighted by atomic mass is 35.5. The molecular weight excluding hydrogens is 328 g/mol. The van der Waals surface area contributed by atoms with Crippen molar-refractivity contribution in [2.45, 2.75) is 82.7 Å². The molecule has 0 N–H and O–H groups in total. The predicted molar refractivity (Wildman–Crippen MR) is 99.9 cm³/mol. The lowest BCUT2D eigenvalue weighted by atomic mass is 9.77. The van der Waals surface area contributed by atoms with Crippen LogP contribution in [0.5, 0.6) is 0 Å². The number of nitrogens with zero attached hydrogens (tertiary/aromatic N) is 2. The van der Waals surface area contributed by atoms with Crippen molar-refractivity contribution in [1.29, 1.82) is 0 Å². The molecule has 1 aromatic heterocycles. The minimum absolute atomic E-state index is 0.150. The Hall–Kier alpha value is -0.480. The van der Waals surface area contributed by atoms with E-state index in [1.54, 1.807) is 11.8 Å². The normalized spacial score (nSPS) is 22.3. The molecule has 0 saturated heterocycles. The van der Waals surface area contributed by atoms with Gasteiger partial charge in [-0.3, -0.25) is 4.79 Å². The summed E-state index contributed by atoms with van der Waals surface area (Å²) in [6.07, 6.45) is 9.32. The standard InChI is InChI=1S/C18H29ClN2OS/c1-6-7-12-8-10-13(11-9-12)14-15(19)17(22)21(18(2,3)4)20-16(14)23-5/h12-13H,6-11H2,1-5H3. The summed E-state index contributed by atoms with van der Waals surface area (Å²) in [6.45, 7) is 8.21. The van der Waals surface area contributed by atoms with E-state index < -0.39 is 0 Å².